The van der Waals surface area contributed by atoms with E-state index < -0.39 is 17.7 Å². The van der Waals surface area contributed by atoms with Gasteiger partial charge in [0.1, 0.15) is 11.5 Å². The van der Waals surface area contributed by atoms with Crippen molar-refractivity contribution in [1.29, 1.82) is 0 Å². The SMILES string of the molecule is CCOc1cc(C2/C(=C(/O)c3ccc(Cl)c(OC)c3)C(=O)C(=O)N2CCCOC)ccc1O. The normalized spacial score (nSPS) is 17.5. The van der Waals surface area contributed by atoms with Crippen LogP contribution < -0.4 is 9.47 Å². The molecule has 1 heterocycles. The number of likely N-dealkylation sites (tertiary alicyclic amines) is 1. The number of hydrogen-bond donors (Lipinski definition) is 2. The molecular formula is C24H26ClNO7. The molecule has 0 spiro atoms. The number of halogens is 1. The number of nitrogens with zero attached hydrogens (tertiary/aromatic N) is 1. The highest BCUT2D eigenvalue weighted by Gasteiger charge is 2.46. The lowest BCUT2D eigenvalue weighted by molar-refractivity contribution is -0.140. The summed E-state index contributed by atoms with van der Waals surface area (Å²) in [6, 6.07) is 8.27. The highest BCUT2D eigenvalue weighted by molar-refractivity contribution is 6.46. The molecule has 176 valence electrons. The summed E-state index contributed by atoms with van der Waals surface area (Å²) in [4.78, 5) is 27.4. The minimum Gasteiger partial charge on any atom is -0.507 e. The summed E-state index contributed by atoms with van der Waals surface area (Å²) in [6.45, 7) is 2.71. The first-order chi connectivity index (χ1) is 15.8. The van der Waals surface area contributed by atoms with E-state index in [-0.39, 0.29) is 34.9 Å². The maximum Gasteiger partial charge on any atom is 0.295 e. The number of benzene rings is 2. The Bertz CT molecular complexity index is 1080. The number of hydrogen-bond acceptors (Lipinski definition) is 7. The molecule has 9 heteroatoms. The number of carbonyl (C=O) groups excluding carboxylic acids is 2. The number of carbonyl (C=O) groups is 2. The monoisotopic (exact) mass is 475 g/mol. The highest BCUT2D eigenvalue weighted by Crippen LogP contribution is 2.42. The van der Waals surface area contributed by atoms with Crippen LogP contribution in [0.5, 0.6) is 17.2 Å². The largest absolute Gasteiger partial charge is 0.507 e. The van der Waals surface area contributed by atoms with E-state index in [2.05, 4.69) is 0 Å². The predicted molar refractivity (Wildman–Crippen MR) is 123 cm³/mol. The Morgan fingerprint density at radius 1 is 1.12 bits per heavy atom. The Kier molecular flexibility index (Phi) is 7.84. The third-order valence-electron chi connectivity index (χ3n) is 5.31. The van der Waals surface area contributed by atoms with Crippen molar-refractivity contribution in [3.8, 4) is 17.2 Å². The zero-order valence-corrected chi connectivity index (χ0v) is 19.4. The Hall–Kier alpha value is -3.23. The van der Waals surface area contributed by atoms with E-state index in [1.807, 2.05) is 0 Å². The van der Waals surface area contributed by atoms with Gasteiger partial charge in [0, 0.05) is 25.8 Å². The van der Waals surface area contributed by atoms with E-state index in [1.165, 1.54) is 36.3 Å². The molecule has 2 aromatic rings. The van der Waals surface area contributed by atoms with Crippen molar-refractivity contribution in [3.63, 3.8) is 0 Å². The molecular weight excluding hydrogens is 450 g/mol. The zero-order valence-electron chi connectivity index (χ0n) is 18.6. The van der Waals surface area contributed by atoms with Crippen molar-refractivity contribution in [2.45, 2.75) is 19.4 Å². The molecule has 1 aliphatic heterocycles. The molecule has 2 N–H and O–H groups in total. The average molecular weight is 476 g/mol. The van der Waals surface area contributed by atoms with Crippen LogP contribution >= 0.6 is 11.6 Å². The third kappa shape index (κ3) is 4.91. The second-order valence-corrected chi connectivity index (χ2v) is 7.76. The number of aliphatic hydroxyl groups is 1. The van der Waals surface area contributed by atoms with Gasteiger partial charge < -0.3 is 29.3 Å². The molecule has 0 saturated carbocycles. The number of Topliss-reactive ketones (excluding diaryl/α,β-unsaturated/α-hetero) is 1. The zero-order chi connectivity index (χ0) is 24.1. The summed E-state index contributed by atoms with van der Waals surface area (Å²) < 4.78 is 15.8. The fraction of sp³-hybridized carbons (Fsp3) is 0.333. The van der Waals surface area contributed by atoms with Gasteiger partial charge in [-0.25, -0.2) is 0 Å². The van der Waals surface area contributed by atoms with Crippen LogP contribution in [0.4, 0.5) is 0 Å². The Morgan fingerprint density at radius 3 is 2.55 bits per heavy atom. The lowest BCUT2D eigenvalue weighted by atomic mass is 9.95. The second kappa shape index (κ2) is 10.6. The van der Waals surface area contributed by atoms with Gasteiger partial charge in [0.15, 0.2) is 11.5 Å². The smallest absolute Gasteiger partial charge is 0.295 e. The minimum atomic E-state index is -0.886. The molecule has 0 aliphatic carbocycles. The van der Waals surface area contributed by atoms with Gasteiger partial charge in [0.25, 0.3) is 11.7 Å². The topological polar surface area (TPSA) is 106 Å². The van der Waals surface area contributed by atoms with E-state index in [0.717, 1.165) is 0 Å². The van der Waals surface area contributed by atoms with Crippen LogP contribution in [-0.2, 0) is 14.3 Å². The lowest BCUT2D eigenvalue weighted by Gasteiger charge is -2.25. The van der Waals surface area contributed by atoms with Crippen LogP contribution in [0, 0.1) is 0 Å². The molecule has 1 amide bonds. The van der Waals surface area contributed by atoms with Gasteiger partial charge in [0.2, 0.25) is 0 Å². The summed E-state index contributed by atoms with van der Waals surface area (Å²) in [6.07, 6.45) is 0.491. The fourth-order valence-electron chi connectivity index (χ4n) is 3.77. The van der Waals surface area contributed by atoms with Crippen LogP contribution in [0.15, 0.2) is 42.0 Å². The second-order valence-electron chi connectivity index (χ2n) is 7.35. The van der Waals surface area contributed by atoms with Gasteiger partial charge in [-0.3, -0.25) is 9.59 Å². The first-order valence-corrected chi connectivity index (χ1v) is 10.8. The molecule has 33 heavy (non-hydrogen) atoms. The summed E-state index contributed by atoms with van der Waals surface area (Å²) in [7, 11) is 2.99. The highest BCUT2D eigenvalue weighted by atomic mass is 35.5. The van der Waals surface area contributed by atoms with E-state index in [0.29, 0.717) is 36.0 Å². The molecule has 1 fully saturated rings. The maximum atomic E-state index is 13.1. The van der Waals surface area contributed by atoms with Gasteiger partial charge in [-0.15, -0.1) is 0 Å². The average Bonchev–Trinajstić information content (AvgIpc) is 3.05. The summed E-state index contributed by atoms with van der Waals surface area (Å²) >= 11 is 6.09. The molecule has 0 aromatic heterocycles. The van der Waals surface area contributed by atoms with E-state index >= 15 is 0 Å². The van der Waals surface area contributed by atoms with Crippen molar-refractivity contribution < 1.29 is 34.0 Å². The van der Waals surface area contributed by atoms with Crippen molar-refractivity contribution >= 4 is 29.1 Å². The maximum absolute atomic E-state index is 13.1. The van der Waals surface area contributed by atoms with Gasteiger partial charge >= 0.3 is 0 Å². The van der Waals surface area contributed by atoms with Crippen LogP contribution in [0.2, 0.25) is 5.02 Å². The van der Waals surface area contributed by atoms with E-state index in [4.69, 9.17) is 25.8 Å². The molecule has 1 saturated heterocycles. The number of rotatable bonds is 9. The van der Waals surface area contributed by atoms with Crippen LogP contribution in [0.25, 0.3) is 5.76 Å². The molecule has 2 aromatic carbocycles. The summed E-state index contributed by atoms with van der Waals surface area (Å²) in [5.41, 5.74) is 0.713. The number of phenols is 1. The molecule has 3 rings (SSSR count). The number of aromatic hydroxyl groups is 1. The van der Waals surface area contributed by atoms with Crippen molar-refractivity contribution in [2.24, 2.45) is 0 Å². The van der Waals surface area contributed by atoms with Gasteiger partial charge in [-0.05, 0) is 49.2 Å². The third-order valence-corrected chi connectivity index (χ3v) is 5.62. The van der Waals surface area contributed by atoms with Crippen LogP contribution in [-0.4, -0.2) is 60.8 Å². The molecule has 1 unspecified atom stereocenters. The molecule has 0 radical (unpaired) electrons. The van der Waals surface area contributed by atoms with E-state index in [1.54, 1.807) is 26.2 Å². The lowest BCUT2D eigenvalue weighted by Crippen LogP contribution is -2.31. The van der Waals surface area contributed by atoms with Crippen molar-refractivity contribution in [3.05, 3.63) is 58.1 Å². The number of amides is 1. The number of phenolic OH excluding ortho intramolecular Hbond substituents is 1. The molecule has 1 atom stereocenters. The number of ketones is 1. The summed E-state index contributed by atoms with van der Waals surface area (Å²) in [5.74, 6) is -1.44. The predicted octanol–water partition coefficient (Wildman–Crippen LogP) is 3.91. The Morgan fingerprint density at radius 2 is 1.88 bits per heavy atom. The molecule has 0 bridgehead atoms. The van der Waals surface area contributed by atoms with Crippen LogP contribution in [0.1, 0.15) is 30.5 Å². The Balaban J connectivity index is 2.17. The molecule has 1 aliphatic rings. The first-order valence-electron chi connectivity index (χ1n) is 10.4. The number of methoxy groups -OCH3 is 2. The number of aliphatic hydroxyl groups excluding tert-OH is 1. The van der Waals surface area contributed by atoms with Gasteiger partial charge in [-0.1, -0.05) is 17.7 Å². The molecule has 8 nitrogen and oxygen atoms in total. The standard InChI is InChI=1S/C24H26ClNO7/c1-4-33-19-12-14(7-9-17(19)27)21-20(23(29)24(30)26(21)10-5-11-31-2)22(28)15-6-8-16(25)18(13-15)32-3/h6-9,12-13,21,27-28H,4-5,10-11H2,1-3H3/b22-20-. The first kappa shape index (κ1) is 24.4. The number of ether oxygens (including phenoxy) is 3. The van der Waals surface area contributed by atoms with E-state index in [9.17, 15) is 19.8 Å². The Labute approximate surface area is 196 Å². The van der Waals surface area contributed by atoms with Crippen molar-refractivity contribution in [2.75, 3.05) is 34.0 Å². The van der Waals surface area contributed by atoms with Crippen LogP contribution in [0.3, 0.4) is 0 Å². The quantitative estimate of drug-likeness (QED) is 0.245. The minimum absolute atomic E-state index is 0.0700. The fourth-order valence-corrected chi connectivity index (χ4v) is 3.97. The van der Waals surface area contributed by atoms with Crippen molar-refractivity contribution in [1.82, 2.24) is 4.90 Å². The van der Waals surface area contributed by atoms with Gasteiger partial charge in [-0.2, -0.15) is 0 Å². The van der Waals surface area contributed by atoms with Gasteiger partial charge in [0.05, 0.1) is 30.4 Å². The summed E-state index contributed by atoms with van der Waals surface area (Å²) in [5, 5.41) is 21.6.